The van der Waals surface area contributed by atoms with Crippen molar-refractivity contribution in [1.82, 2.24) is 14.6 Å². The number of carbonyl (C=O) groups excluding carboxylic acids is 1. The molecule has 0 radical (unpaired) electrons. The Balaban J connectivity index is 0.00000264. The third-order valence-electron chi connectivity index (χ3n) is 3.15. The van der Waals surface area contributed by atoms with Gasteiger partial charge in [0.05, 0.1) is 10.8 Å². The highest BCUT2D eigenvalue weighted by Gasteiger charge is 2.24. The lowest BCUT2D eigenvalue weighted by molar-refractivity contribution is 0.0951. The highest BCUT2D eigenvalue weighted by atomic mass is 35.5. The lowest BCUT2D eigenvalue weighted by Gasteiger charge is -2.25. The van der Waals surface area contributed by atoms with Crippen LogP contribution in [0.5, 0.6) is 0 Å². The van der Waals surface area contributed by atoms with Crippen molar-refractivity contribution in [2.24, 2.45) is 5.73 Å². The van der Waals surface area contributed by atoms with Gasteiger partial charge in [-0.1, -0.05) is 0 Å². The molecule has 1 aliphatic rings. The van der Waals surface area contributed by atoms with Gasteiger partial charge in [-0.15, -0.1) is 23.7 Å². The van der Waals surface area contributed by atoms with E-state index in [-0.39, 0.29) is 30.6 Å². The van der Waals surface area contributed by atoms with Gasteiger partial charge in [-0.3, -0.25) is 4.79 Å². The number of aromatic nitrogens is 1. The van der Waals surface area contributed by atoms with E-state index in [2.05, 4.69) is 10.3 Å². The first-order valence-corrected chi connectivity index (χ1v) is 10.7. The second-order valence-electron chi connectivity index (χ2n) is 4.75. The van der Waals surface area contributed by atoms with Crippen molar-refractivity contribution in [3.8, 4) is 0 Å². The predicted octanol–water partition coefficient (Wildman–Crippen LogP) is 0.175. The Morgan fingerprint density at radius 1 is 1.39 bits per heavy atom. The fourth-order valence-electron chi connectivity index (χ4n) is 1.99. The maximum absolute atomic E-state index is 12.1. The summed E-state index contributed by atoms with van der Waals surface area (Å²) in [6.07, 6.45) is 0.638. The molecule has 1 fully saturated rings. The average Bonchev–Trinajstić information content (AvgIpc) is 2.97. The molecule has 132 valence electrons. The molecular formula is C12H21ClN4O3S3. The number of hydrogen-bond acceptors (Lipinski definition) is 7. The summed E-state index contributed by atoms with van der Waals surface area (Å²) >= 11 is 3.14. The Kier molecular flexibility index (Phi) is 8.80. The van der Waals surface area contributed by atoms with Crippen molar-refractivity contribution < 1.29 is 13.2 Å². The molecule has 1 aliphatic heterocycles. The fraction of sp³-hybridized carbons (Fsp3) is 0.667. The van der Waals surface area contributed by atoms with Gasteiger partial charge in [-0.25, -0.2) is 17.7 Å². The third kappa shape index (κ3) is 6.20. The minimum atomic E-state index is -3.29. The van der Waals surface area contributed by atoms with Crippen molar-refractivity contribution in [1.29, 1.82) is 0 Å². The second-order valence-corrected chi connectivity index (χ2v) is 9.00. The van der Waals surface area contributed by atoms with Crippen molar-refractivity contribution in [3.63, 3.8) is 0 Å². The van der Waals surface area contributed by atoms with Gasteiger partial charge in [0.15, 0.2) is 0 Å². The SMILES string of the molecule is Cl.NCCc1nc(C(=O)NCCS(=O)(=O)N2CCSCC2)cs1. The molecule has 0 unspecified atom stereocenters. The molecule has 0 spiro atoms. The third-order valence-corrected chi connectivity index (χ3v) is 6.87. The van der Waals surface area contributed by atoms with E-state index in [1.807, 2.05) is 0 Å². The zero-order valence-electron chi connectivity index (χ0n) is 12.6. The topological polar surface area (TPSA) is 105 Å². The van der Waals surface area contributed by atoms with E-state index in [1.165, 1.54) is 15.6 Å². The number of nitrogens with zero attached hydrogens (tertiary/aromatic N) is 2. The average molecular weight is 401 g/mol. The molecule has 0 aliphatic carbocycles. The van der Waals surface area contributed by atoms with Crippen LogP contribution in [0.15, 0.2) is 5.38 Å². The minimum Gasteiger partial charge on any atom is -0.350 e. The number of thiazole rings is 1. The standard InChI is InChI=1S/C12H20N4O3S3.ClH/c13-2-1-11-15-10(9-21-11)12(17)14-3-8-22(18,19)16-4-6-20-7-5-16;/h9H,1-8,13H2,(H,14,17);1H. The number of carbonyl (C=O) groups is 1. The summed E-state index contributed by atoms with van der Waals surface area (Å²) in [6.45, 7) is 1.68. The molecule has 2 rings (SSSR count). The highest BCUT2D eigenvalue weighted by molar-refractivity contribution is 7.99. The van der Waals surface area contributed by atoms with Gasteiger partial charge in [0.25, 0.3) is 5.91 Å². The van der Waals surface area contributed by atoms with Crippen LogP contribution in [0, 0.1) is 0 Å². The maximum Gasteiger partial charge on any atom is 0.270 e. The van der Waals surface area contributed by atoms with Gasteiger partial charge in [0.1, 0.15) is 5.69 Å². The van der Waals surface area contributed by atoms with Crippen molar-refractivity contribution >= 4 is 51.4 Å². The number of amides is 1. The number of sulfonamides is 1. The summed E-state index contributed by atoms with van der Waals surface area (Å²) in [4.78, 5) is 16.1. The van der Waals surface area contributed by atoms with Gasteiger partial charge in [0, 0.05) is 42.9 Å². The molecule has 0 bridgehead atoms. The smallest absolute Gasteiger partial charge is 0.270 e. The van der Waals surface area contributed by atoms with Crippen molar-refractivity contribution in [3.05, 3.63) is 16.1 Å². The van der Waals surface area contributed by atoms with Crippen LogP contribution in [0.3, 0.4) is 0 Å². The van der Waals surface area contributed by atoms with Crippen LogP contribution < -0.4 is 11.1 Å². The molecule has 0 atom stereocenters. The highest BCUT2D eigenvalue weighted by Crippen LogP contribution is 2.13. The zero-order chi connectivity index (χ0) is 16.0. The van der Waals surface area contributed by atoms with Crippen LogP contribution in [0.2, 0.25) is 0 Å². The van der Waals surface area contributed by atoms with Crippen LogP contribution in [-0.2, 0) is 16.4 Å². The van der Waals surface area contributed by atoms with Crippen LogP contribution >= 0.6 is 35.5 Å². The Labute approximate surface area is 150 Å². The van der Waals surface area contributed by atoms with Crippen LogP contribution in [-0.4, -0.2) is 67.1 Å². The van der Waals surface area contributed by atoms with Crippen LogP contribution in [0.25, 0.3) is 0 Å². The van der Waals surface area contributed by atoms with E-state index in [1.54, 1.807) is 17.1 Å². The summed E-state index contributed by atoms with van der Waals surface area (Å²) < 4.78 is 25.8. The molecule has 1 aromatic rings. The summed E-state index contributed by atoms with van der Waals surface area (Å²) in [5.74, 6) is 1.23. The number of hydrogen-bond donors (Lipinski definition) is 2. The number of halogens is 1. The van der Waals surface area contributed by atoms with E-state index in [4.69, 9.17) is 5.73 Å². The Morgan fingerprint density at radius 3 is 2.74 bits per heavy atom. The zero-order valence-corrected chi connectivity index (χ0v) is 15.8. The molecule has 11 heteroatoms. The van der Waals surface area contributed by atoms with Crippen LogP contribution in [0.1, 0.15) is 15.5 Å². The number of nitrogens with one attached hydrogen (secondary N) is 1. The number of thioether (sulfide) groups is 1. The molecule has 1 aromatic heterocycles. The van der Waals surface area contributed by atoms with Gasteiger partial charge >= 0.3 is 0 Å². The monoisotopic (exact) mass is 400 g/mol. The summed E-state index contributed by atoms with van der Waals surface area (Å²) in [5, 5.41) is 5.09. The molecule has 2 heterocycles. The summed E-state index contributed by atoms with van der Waals surface area (Å²) in [5.41, 5.74) is 5.76. The van der Waals surface area contributed by atoms with Gasteiger partial charge in [-0.2, -0.15) is 11.8 Å². The first kappa shape index (κ1) is 20.7. The minimum absolute atomic E-state index is 0. The second kappa shape index (κ2) is 9.80. The molecule has 7 nitrogen and oxygen atoms in total. The first-order valence-electron chi connectivity index (χ1n) is 7.01. The Morgan fingerprint density at radius 2 is 2.09 bits per heavy atom. The molecule has 3 N–H and O–H groups in total. The van der Waals surface area contributed by atoms with Gasteiger partial charge in [-0.05, 0) is 6.54 Å². The summed E-state index contributed by atoms with van der Waals surface area (Å²) in [7, 11) is -3.29. The largest absolute Gasteiger partial charge is 0.350 e. The molecule has 23 heavy (non-hydrogen) atoms. The van der Waals surface area contributed by atoms with E-state index in [0.29, 0.717) is 31.7 Å². The Hall–Kier alpha value is -0.390. The van der Waals surface area contributed by atoms with E-state index >= 15 is 0 Å². The first-order chi connectivity index (χ1) is 10.5. The van der Waals surface area contributed by atoms with E-state index < -0.39 is 10.0 Å². The lowest BCUT2D eigenvalue weighted by Crippen LogP contribution is -2.41. The Bertz CT molecular complexity index is 602. The summed E-state index contributed by atoms with van der Waals surface area (Å²) in [6, 6.07) is 0. The molecule has 0 saturated carbocycles. The maximum atomic E-state index is 12.1. The molecule has 1 saturated heterocycles. The molecule has 1 amide bonds. The molecular weight excluding hydrogens is 380 g/mol. The predicted molar refractivity (Wildman–Crippen MR) is 97.1 cm³/mol. The van der Waals surface area contributed by atoms with Gasteiger partial charge in [0.2, 0.25) is 10.0 Å². The van der Waals surface area contributed by atoms with Crippen LogP contribution in [0.4, 0.5) is 0 Å². The molecule has 0 aromatic carbocycles. The number of nitrogens with two attached hydrogens (primary N) is 1. The normalized spacial score (nSPS) is 15.9. The van der Waals surface area contributed by atoms with E-state index in [0.717, 1.165) is 16.5 Å². The lowest BCUT2D eigenvalue weighted by atomic mass is 10.4. The van der Waals surface area contributed by atoms with Crippen molar-refractivity contribution in [2.45, 2.75) is 6.42 Å². The van der Waals surface area contributed by atoms with Gasteiger partial charge < -0.3 is 11.1 Å². The fourth-order valence-corrected chi connectivity index (χ4v) is 5.28. The van der Waals surface area contributed by atoms with E-state index in [9.17, 15) is 13.2 Å². The van der Waals surface area contributed by atoms with Crippen molar-refractivity contribution in [2.75, 3.05) is 43.4 Å². The number of rotatable bonds is 7. The quantitative estimate of drug-likeness (QED) is 0.676.